The number of amides is 2. The van der Waals surface area contributed by atoms with Crippen molar-refractivity contribution in [2.24, 2.45) is 0 Å². The largest absolute Gasteiger partial charge is 0.357 e. The van der Waals surface area contributed by atoms with Crippen LogP contribution in [0.2, 0.25) is 10.0 Å². The molecule has 0 heterocycles. The maximum Gasteiger partial charge on any atom is 0.264 e. The average Bonchev–Trinajstić information content (AvgIpc) is 2.89. The number of hydrogen-bond acceptors (Lipinski definition) is 4. The predicted octanol–water partition coefficient (Wildman–Crippen LogP) is 5.19. The van der Waals surface area contributed by atoms with Crippen LogP contribution in [0.5, 0.6) is 0 Å². The van der Waals surface area contributed by atoms with Crippen molar-refractivity contribution in [3.05, 3.63) is 93.7 Å². The standard InChI is InChI=1S/C27H28Cl2FN3O4S/c1-4-25(27(35)31-3)32(16-22-23(28)6-5-7-24(22)29)26(34)17-33(20-12-8-18(2)9-13-20)38(36,37)21-14-10-19(30)11-15-21/h5-15,25H,4,16-17H2,1-3H3,(H,31,35). The number of hydrogen-bond donors (Lipinski definition) is 1. The van der Waals surface area contributed by atoms with E-state index in [0.29, 0.717) is 15.6 Å². The summed E-state index contributed by atoms with van der Waals surface area (Å²) < 4.78 is 41.9. The van der Waals surface area contributed by atoms with Gasteiger partial charge in [0.1, 0.15) is 18.4 Å². The molecule has 3 rings (SSSR count). The summed E-state index contributed by atoms with van der Waals surface area (Å²) in [6.45, 7) is 2.83. The van der Waals surface area contributed by atoms with Crippen LogP contribution < -0.4 is 9.62 Å². The van der Waals surface area contributed by atoms with E-state index in [0.717, 1.165) is 34.1 Å². The van der Waals surface area contributed by atoms with E-state index in [1.54, 1.807) is 49.4 Å². The Labute approximate surface area is 232 Å². The highest BCUT2D eigenvalue weighted by molar-refractivity contribution is 7.92. The van der Waals surface area contributed by atoms with Crippen molar-refractivity contribution >= 4 is 50.7 Å². The Bertz CT molecular complexity index is 1380. The Hall–Kier alpha value is -3.14. The van der Waals surface area contributed by atoms with Gasteiger partial charge in [-0.25, -0.2) is 12.8 Å². The lowest BCUT2D eigenvalue weighted by Crippen LogP contribution is -2.51. The van der Waals surface area contributed by atoms with Crippen LogP contribution in [-0.2, 0) is 26.2 Å². The molecule has 1 atom stereocenters. The minimum atomic E-state index is -4.29. The first-order chi connectivity index (χ1) is 18.0. The predicted molar refractivity (Wildman–Crippen MR) is 147 cm³/mol. The number of likely N-dealkylation sites (N-methyl/N-ethyl adjacent to an activating group) is 1. The van der Waals surface area contributed by atoms with Gasteiger partial charge >= 0.3 is 0 Å². The maximum atomic E-state index is 13.9. The van der Waals surface area contributed by atoms with Gasteiger partial charge in [0, 0.05) is 29.2 Å². The monoisotopic (exact) mass is 579 g/mol. The quantitative estimate of drug-likeness (QED) is 0.358. The summed E-state index contributed by atoms with van der Waals surface area (Å²) in [5.74, 6) is -1.67. The Balaban J connectivity index is 2.09. The molecule has 0 fully saturated rings. The molecular formula is C27H28Cl2FN3O4S. The van der Waals surface area contributed by atoms with Gasteiger partial charge < -0.3 is 10.2 Å². The van der Waals surface area contributed by atoms with E-state index >= 15 is 0 Å². The number of halogens is 3. The molecule has 0 aromatic heterocycles. The van der Waals surface area contributed by atoms with Crippen LogP contribution >= 0.6 is 23.2 Å². The van der Waals surface area contributed by atoms with Crippen LogP contribution in [-0.4, -0.2) is 44.8 Å². The lowest BCUT2D eigenvalue weighted by Gasteiger charge is -2.33. The third-order valence-electron chi connectivity index (χ3n) is 6.02. The number of carbonyl (C=O) groups excluding carboxylic acids is 2. The third kappa shape index (κ3) is 6.64. The zero-order valence-electron chi connectivity index (χ0n) is 21.1. The molecule has 0 spiro atoms. The normalized spacial score (nSPS) is 12.1. The van der Waals surface area contributed by atoms with Crippen molar-refractivity contribution in [2.75, 3.05) is 17.9 Å². The number of nitrogens with zero attached hydrogens (tertiary/aromatic N) is 2. The number of anilines is 1. The molecule has 7 nitrogen and oxygen atoms in total. The summed E-state index contributed by atoms with van der Waals surface area (Å²) in [6.07, 6.45) is 0.253. The van der Waals surface area contributed by atoms with Crippen LogP contribution in [0.25, 0.3) is 0 Å². The van der Waals surface area contributed by atoms with E-state index in [1.165, 1.54) is 11.9 Å². The van der Waals surface area contributed by atoms with E-state index < -0.39 is 40.2 Å². The van der Waals surface area contributed by atoms with E-state index in [1.807, 2.05) is 6.92 Å². The molecule has 38 heavy (non-hydrogen) atoms. The summed E-state index contributed by atoms with van der Waals surface area (Å²) >= 11 is 12.7. The number of carbonyl (C=O) groups is 2. The second-order valence-electron chi connectivity index (χ2n) is 8.56. The number of nitrogens with one attached hydrogen (secondary N) is 1. The second kappa shape index (κ2) is 12.6. The first kappa shape index (κ1) is 29.4. The van der Waals surface area contributed by atoms with Gasteiger partial charge in [-0.3, -0.25) is 13.9 Å². The molecular weight excluding hydrogens is 552 g/mol. The topological polar surface area (TPSA) is 86.8 Å². The summed E-state index contributed by atoms with van der Waals surface area (Å²) in [7, 11) is -2.84. The molecule has 0 aliphatic carbocycles. The molecule has 202 valence electrons. The first-order valence-corrected chi connectivity index (χ1v) is 14.0. The molecule has 1 unspecified atom stereocenters. The molecule has 0 aliphatic heterocycles. The molecule has 0 radical (unpaired) electrons. The van der Waals surface area contributed by atoms with Gasteiger partial charge in [0.25, 0.3) is 10.0 Å². The molecule has 2 amide bonds. The average molecular weight is 581 g/mol. The Morgan fingerprint density at radius 1 is 0.974 bits per heavy atom. The summed E-state index contributed by atoms with van der Waals surface area (Å²) in [5, 5.41) is 3.16. The lowest BCUT2D eigenvalue weighted by atomic mass is 10.1. The van der Waals surface area contributed by atoms with Gasteiger partial charge in [0.15, 0.2) is 0 Å². The number of benzene rings is 3. The highest BCUT2D eigenvalue weighted by Gasteiger charge is 2.34. The van der Waals surface area contributed by atoms with Gasteiger partial charge in [0.05, 0.1) is 10.6 Å². The molecule has 3 aromatic carbocycles. The zero-order chi connectivity index (χ0) is 28.0. The van der Waals surface area contributed by atoms with E-state index in [4.69, 9.17) is 23.2 Å². The zero-order valence-corrected chi connectivity index (χ0v) is 23.4. The van der Waals surface area contributed by atoms with Crippen LogP contribution in [0, 0.1) is 12.7 Å². The number of sulfonamides is 1. The van der Waals surface area contributed by atoms with Crippen LogP contribution in [0.1, 0.15) is 24.5 Å². The molecule has 0 bridgehead atoms. The molecule has 3 aromatic rings. The number of aryl methyl sites for hydroxylation is 1. The van der Waals surface area contributed by atoms with Gasteiger partial charge in [-0.15, -0.1) is 0 Å². The summed E-state index contributed by atoms with van der Waals surface area (Å²) in [6, 6.07) is 14.9. The van der Waals surface area contributed by atoms with Crippen molar-refractivity contribution in [1.29, 1.82) is 0 Å². The first-order valence-electron chi connectivity index (χ1n) is 11.8. The summed E-state index contributed by atoms with van der Waals surface area (Å²) in [4.78, 5) is 27.7. The summed E-state index contributed by atoms with van der Waals surface area (Å²) in [5.41, 5.74) is 1.55. The van der Waals surface area contributed by atoms with Gasteiger partial charge in [-0.1, -0.05) is 53.9 Å². The lowest BCUT2D eigenvalue weighted by molar-refractivity contribution is -0.140. The molecule has 0 aliphatic rings. The van der Waals surface area contributed by atoms with Gasteiger partial charge in [-0.05, 0) is 61.9 Å². The second-order valence-corrected chi connectivity index (χ2v) is 11.2. The molecule has 1 N–H and O–H groups in total. The minimum absolute atomic E-state index is 0.123. The van der Waals surface area contributed by atoms with Crippen LogP contribution in [0.15, 0.2) is 71.6 Å². The van der Waals surface area contributed by atoms with Crippen molar-refractivity contribution in [2.45, 2.75) is 37.8 Å². The molecule has 0 saturated heterocycles. The highest BCUT2D eigenvalue weighted by Crippen LogP contribution is 2.29. The number of rotatable bonds is 10. The third-order valence-corrected chi connectivity index (χ3v) is 8.52. The maximum absolute atomic E-state index is 13.9. The van der Waals surface area contributed by atoms with Crippen molar-refractivity contribution in [3.8, 4) is 0 Å². The van der Waals surface area contributed by atoms with Crippen LogP contribution in [0.4, 0.5) is 10.1 Å². The van der Waals surface area contributed by atoms with Crippen molar-refractivity contribution < 1.29 is 22.4 Å². The SMILES string of the molecule is CCC(C(=O)NC)N(Cc1c(Cl)cccc1Cl)C(=O)CN(c1ccc(C)cc1)S(=O)(=O)c1ccc(F)cc1. The fraction of sp³-hybridized carbons (Fsp3) is 0.259. The minimum Gasteiger partial charge on any atom is -0.357 e. The Kier molecular flexibility index (Phi) is 9.76. The molecule has 0 saturated carbocycles. The fourth-order valence-corrected chi connectivity index (χ4v) is 5.84. The smallest absolute Gasteiger partial charge is 0.264 e. The van der Waals surface area contributed by atoms with E-state index in [2.05, 4.69) is 5.32 Å². The van der Waals surface area contributed by atoms with Crippen LogP contribution in [0.3, 0.4) is 0 Å². The van der Waals surface area contributed by atoms with Crippen molar-refractivity contribution in [1.82, 2.24) is 10.2 Å². The fourth-order valence-electron chi connectivity index (χ4n) is 3.91. The Morgan fingerprint density at radius 3 is 2.08 bits per heavy atom. The van der Waals surface area contributed by atoms with Gasteiger partial charge in [-0.2, -0.15) is 0 Å². The molecule has 11 heteroatoms. The van der Waals surface area contributed by atoms with E-state index in [9.17, 15) is 22.4 Å². The van der Waals surface area contributed by atoms with E-state index in [-0.39, 0.29) is 23.5 Å². The highest BCUT2D eigenvalue weighted by atomic mass is 35.5. The Morgan fingerprint density at radius 2 is 1.55 bits per heavy atom. The van der Waals surface area contributed by atoms with Crippen molar-refractivity contribution in [3.63, 3.8) is 0 Å². The van der Waals surface area contributed by atoms with Gasteiger partial charge in [0.2, 0.25) is 11.8 Å².